The zero-order chi connectivity index (χ0) is 18.7. The number of nitrogens with zero attached hydrogens (tertiary/aromatic N) is 2. The van der Waals surface area contributed by atoms with E-state index in [9.17, 15) is 9.18 Å². The van der Waals surface area contributed by atoms with Crippen molar-refractivity contribution in [2.24, 2.45) is 0 Å². The van der Waals surface area contributed by atoms with Gasteiger partial charge in [-0.2, -0.15) is 0 Å². The van der Waals surface area contributed by atoms with Crippen molar-refractivity contribution in [1.29, 1.82) is 0 Å². The van der Waals surface area contributed by atoms with Crippen molar-refractivity contribution in [2.45, 2.75) is 26.8 Å². The topological polar surface area (TPSA) is 46.9 Å². The first-order valence-electron chi connectivity index (χ1n) is 8.60. The van der Waals surface area contributed by atoms with Gasteiger partial charge in [-0.15, -0.1) is 19.0 Å². The lowest BCUT2D eigenvalue weighted by Gasteiger charge is -2.12. The molecule has 3 rings (SSSR count). The number of carbonyl (C=O) groups excluding carboxylic acids is 1. The smallest absolute Gasteiger partial charge is 0.151 e. The van der Waals surface area contributed by atoms with Gasteiger partial charge in [0, 0.05) is 29.7 Å². The summed E-state index contributed by atoms with van der Waals surface area (Å²) in [4.78, 5) is 15.4. The van der Waals surface area contributed by atoms with Gasteiger partial charge in [0.2, 0.25) is 0 Å². The second-order valence-electron chi connectivity index (χ2n) is 6.28. The highest BCUT2D eigenvalue weighted by molar-refractivity contribution is 5.93. The lowest BCUT2D eigenvalue weighted by molar-refractivity contribution is 0.112. The highest BCUT2D eigenvalue weighted by Gasteiger charge is 2.18. The maximum absolute atomic E-state index is 14.4. The Kier molecular flexibility index (Phi) is 6.75. The minimum atomic E-state index is -0.319. The fraction of sp³-hybridized carbons (Fsp3) is 0.238. The standard InChI is InChI=1S/C21H22FN3O.ClH/c1-4-11-25-15(3)14(2)19-18(22)12-24-21(20(19)25)23-10-9-16-7-5-6-8-17(16)13-26;/h4-8,12-13H,1,9-11H2,2-3H3,(H,23,24);1H. The largest absolute Gasteiger partial charge is 0.368 e. The number of nitrogens with one attached hydrogen (secondary N) is 1. The normalized spacial score (nSPS) is 10.5. The molecule has 0 aliphatic rings. The van der Waals surface area contributed by atoms with Gasteiger partial charge in [0.05, 0.1) is 11.7 Å². The number of halogens is 2. The number of anilines is 1. The molecule has 0 amide bonds. The van der Waals surface area contributed by atoms with Gasteiger partial charge in [0.15, 0.2) is 11.6 Å². The number of hydrogen-bond donors (Lipinski definition) is 1. The van der Waals surface area contributed by atoms with E-state index >= 15 is 0 Å². The Labute approximate surface area is 164 Å². The maximum Gasteiger partial charge on any atom is 0.151 e. The zero-order valence-corrected chi connectivity index (χ0v) is 16.3. The molecule has 2 aromatic heterocycles. The predicted octanol–water partition coefficient (Wildman–Crippen LogP) is 4.87. The van der Waals surface area contributed by atoms with Crippen molar-refractivity contribution in [3.63, 3.8) is 0 Å². The Morgan fingerprint density at radius 1 is 1.30 bits per heavy atom. The second-order valence-corrected chi connectivity index (χ2v) is 6.28. The molecule has 0 atom stereocenters. The number of hydrogen-bond acceptors (Lipinski definition) is 3. The molecule has 6 heteroatoms. The molecule has 0 saturated carbocycles. The minimum Gasteiger partial charge on any atom is -0.368 e. The summed E-state index contributed by atoms with van der Waals surface area (Å²) >= 11 is 0. The monoisotopic (exact) mass is 387 g/mol. The third-order valence-electron chi connectivity index (χ3n) is 4.78. The predicted molar refractivity (Wildman–Crippen MR) is 111 cm³/mol. The molecule has 142 valence electrons. The molecular weight excluding hydrogens is 365 g/mol. The van der Waals surface area contributed by atoms with Crippen molar-refractivity contribution in [1.82, 2.24) is 9.55 Å². The van der Waals surface area contributed by atoms with Crippen LogP contribution in [0.1, 0.15) is 27.2 Å². The van der Waals surface area contributed by atoms with E-state index in [1.54, 1.807) is 12.1 Å². The maximum atomic E-state index is 14.4. The first-order chi connectivity index (χ1) is 12.6. The molecule has 1 aromatic carbocycles. The first kappa shape index (κ1) is 20.6. The zero-order valence-electron chi connectivity index (χ0n) is 15.5. The van der Waals surface area contributed by atoms with Crippen molar-refractivity contribution in [2.75, 3.05) is 11.9 Å². The van der Waals surface area contributed by atoms with Crippen molar-refractivity contribution in [3.05, 3.63) is 71.3 Å². The van der Waals surface area contributed by atoms with E-state index in [0.29, 0.717) is 36.3 Å². The van der Waals surface area contributed by atoms with E-state index in [0.717, 1.165) is 28.6 Å². The Balaban J connectivity index is 0.00000261. The number of rotatable bonds is 7. The quantitative estimate of drug-likeness (QED) is 0.465. The molecule has 1 N–H and O–H groups in total. The van der Waals surface area contributed by atoms with E-state index in [2.05, 4.69) is 16.9 Å². The van der Waals surface area contributed by atoms with Crippen LogP contribution in [-0.2, 0) is 13.0 Å². The summed E-state index contributed by atoms with van der Waals surface area (Å²) in [5.74, 6) is 0.322. The summed E-state index contributed by atoms with van der Waals surface area (Å²) in [6.45, 7) is 8.87. The molecule has 0 radical (unpaired) electrons. The summed E-state index contributed by atoms with van der Waals surface area (Å²) in [6, 6.07) is 7.50. The molecule has 0 saturated heterocycles. The summed E-state index contributed by atoms with van der Waals surface area (Å²) in [6.07, 6.45) is 4.59. The van der Waals surface area contributed by atoms with Crippen LogP contribution in [0, 0.1) is 19.7 Å². The van der Waals surface area contributed by atoms with Crippen molar-refractivity contribution in [3.8, 4) is 0 Å². The van der Waals surface area contributed by atoms with Crippen LogP contribution in [0.4, 0.5) is 10.2 Å². The number of aryl methyl sites for hydroxylation is 1. The Morgan fingerprint density at radius 3 is 2.74 bits per heavy atom. The lowest BCUT2D eigenvalue weighted by Crippen LogP contribution is -2.10. The third-order valence-corrected chi connectivity index (χ3v) is 4.78. The van der Waals surface area contributed by atoms with Gasteiger partial charge in [-0.25, -0.2) is 9.37 Å². The molecule has 0 aliphatic heterocycles. The van der Waals surface area contributed by atoms with Gasteiger partial charge in [-0.05, 0) is 31.4 Å². The van der Waals surface area contributed by atoms with Crippen LogP contribution < -0.4 is 5.32 Å². The number of aldehydes is 1. The van der Waals surface area contributed by atoms with Gasteiger partial charge < -0.3 is 9.88 Å². The number of carbonyl (C=O) groups is 1. The molecule has 4 nitrogen and oxygen atoms in total. The van der Waals surface area contributed by atoms with Gasteiger partial charge in [-0.1, -0.05) is 30.3 Å². The van der Waals surface area contributed by atoms with Crippen LogP contribution in [0.25, 0.3) is 10.9 Å². The highest BCUT2D eigenvalue weighted by atomic mass is 35.5. The number of fused-ring (bicyclic) bond motifs is 1. The lowest BCUT2D eigenvalue weighted by atomic mass is 10.1. The summed E-state index contributed by atoms with van der Waals surface area (Å²) in [5, 5.41) is 3.90. The summed E-state index contributed by atoms with van der Waals surface area (Å²) < 4.78 is 16.4. The van der Waals surface area contributed by atoms with Gasteiger partial charge in [-0.3, -0.25) is 4.79 Å². The van der Waals surface area contributed by atoms with E-state index in [1.165, 1.54) is 6.20 Å². The molecule has 0 fully saturated rings. The van der Waals surface area contributed by atoms with Crippen molar-refractivity contribution < 1.29 is 9.18 Å². The highest BCUT2D eigenvalue weighted by Crippen LogP contribution is 2.31. The Hall–Kier alpha value is -2.66. The molecule has 0 aliphatic carbocycles. The fourth-order valence-corrected chi connectivity index (χ4v) is 3.33. The Morgan fingerprint density at radius 2 is 2.04 bits per heavy atom. The second kappa shape index (κ2) is 8.82. The molecule has 27 heavy (non-hydrogen) atoms. The molecule has 3 aromatic rings. The molecular formula is C21H23ClFN3O. The van der Waals surface area contributed by atoms with Crippen LogP contribution in [-0.4, -0.2) is 22.4 Å². The number of benzene rings is 1. The van der Waals surface area contributed by atoms with Crippen LogP contribution in [0.15, 0.2) is 43.1 Å². The van der Waals surface area contributed by atoms with Gasteiger partial charge >= 0.3 is 0 Å². The molecule has 0 bridgehead atoms. The van der Waals surface area contributed by atoms with E-state index in [-0.39, 0.29) is 18.2 Å². The first-order valence-corrected chi connectivity index (χ1v) is 8.60. The number of pyridine rings is 1. The molecule has 0 unspecified atom stereocenters. The average molecular weight is 388 g/mol. The Bertz CT molecular complexity index is 981. The fourth-order valence-electron chi connectivity index (χ4n) is 3.33. The van der Waals surface area contributed by atoms with E-state index in [1.807, 2.05) is 36.6 Å². The number of aromatic nitrogens is 2. The van der Waals surface area contributed by atoms with Crippen LogP contribution >= 0.6 is 12.4 Å². The molecule has 2 heterocycles. The number of allylic oxidation sites excluding steroid dienone is 1. The SMILES string of the molecule is C=CCn1c(C)c(C)c2c(F)cnc(NCCc3ccccc3C=O)c21.Cl. The molecule has 0 spiro atoms. The third kappa shape index (κ3) is 3.88. The van der Waals surface area contributed by atoms with Crippen molar-refractivity contribution >= 4 is 35.4 Å². The summed E-state index contributed by atoms with van der Waals surface area (Å²) in [5.41, 5.74) is 4.33. The van der Waals surface area contributed by atoms with E-state index in [4.69, 9.17) is 0 Å². The van der Waals surface area contributed by atoms with Gasteiger partial charge in [0.25, 0.3) is 0 Å². The summed E-state index contributed by atoms with van der Waals surface area (Å²) in [7, 11) is 0. The average Bonchev–Trinajstić information content (AvgIpc) is 2.90. The van der Waals surface area contributed by atoms with E-state index < -0.39 is 0 Å². The van der Waals surface area contributed by atoms with Crippen LogP contribution in [0.3, 0.4) is 0 Å². The van der Waals surface area contributed by atoms with Crippen LogP contribution in [0.5, 0.6) is 0 Å². The van der Waals surface area contributed by atoms with Gasteiger partial charge in [0.1, 0.15) is 6.29 Å². The van der Waals surface area contributed by atoms with Crippen LogP contribution in [0.2, 0.25) is 0 Å². The minimum absolute atomic E-state index is 0.